The summed E-state index contributed by atoms with van der Waals surface area (Å²) in [6.07, 6.45) is 0. The molecule has 0 radical (unpaired) electrons. The summed E-state index contributed by atoms with van der Waals surface area (Å²) in [5.74, 6) is 2.94. The largest absolute Gasteiger partial charge is 0.324 e. The van der Waals surface area contributed by atoms with E-state index >= 15 is 0 Å². The van der Waals surface area contributed by atoms with E-state index in [4.69, 9.17) is 5.73 Å². The van der Waals surface area contributed by atoms with E-state index in [-0.39, 0.29) is 0 Å². The van der Waals surface area contributed by atoms with Gasteiger partial charge in [0.25, 0.3) is 0 Å². The van der Waals surface area contributed by atoms with Gasteiger partial charge >= 0.3 is 0 Å². The van der Waals surface area contributed by atoms with Crippen molar-refractivity contribution in [2.24, 2.45) is 5.73 Å². The Morgan fingerprint density at radius 3 is 2.53 bits per heavy atom. The molecule has 1 aromatic carbocycles. The van der Waals surface area contributed by atoms with Crippen LogP contribution in [0.4, 0.5) is 0 Å². The predicted octanol–water partition coefficient (Wildman–Crippen LogP) is 2.64. The zero-order valence-electron chi connectivity index (χ0n) is 11.0. The molecule has 6 heteroatoms. The molecule has 0 bridgehead atoms. The lowest BCUT2D eigenvalue weighted by Crippen LogP contribution is -2.08. The molecule has 0 saturated carbocycles. The molecule has 0 spiro atoms. The predicted molar refractivity (Wildman–Crippen MR) is 81.5 cm³/mol. The Bertz CT molecular complexity index is 499. The van der Waals surface area contributed by atoms with E-state index in [1.54, 1.807) is 11.8 Å². The second kappa shape index (κ2) is 7.57. The smallest absolute Gasteiger partial charge is 0.191 e. The SMILES string of the molecule is CCn1c(CN)nnc1SCCSc1ccccc1. The molecular formula is C13H18N4S2. The van der Waals surface area contributed by atoms with Crippen LogP contribution in [-0.4, -0.2) is 26.3 Å². The first-order valence-corrected chi connectivity index (χ1v) is 8.25. The quantitative estimate of drug-likeness (QED) is 0.628. The van der Waals surface area contributed by atoms with Crippen molar-refractivity contribution in [1.82, 2.24) is 14.8 Å². The molecule has 2 rings (SSSR count). The van der Waals surface area contributed by atoms with Crippen LogP contribution in [0.3, 0.4) is 0 Å². The maximum atomic E-state index is 5.63. The highest BCUT2D eigenvalue weighted by atomic mass is 32.2. The van der Waals surface area contributed by atoms with E-state index in [9.17, 15) is 0 Å². The summed E-state index contributed by atoms with van der Waals surface area (Å²) in [5, 5.41) is 9.26. The first-order valence-electron chi connectivity index (χ1n) is 6.28. The van der Waals surface area contributed by atoms with Crippen molar-refractivity contribution in [3.63, 3.8) is 0 Å². The molecule has 1 heterocycles. The summed E-state index contributed by atoms with van der Waals surface area (Å²) >= 11 is 3.60. The minimum absolute atomic E-state index is 0.445. The lowest BCUT2D eigenvalue weighted by molar-refractivity contribution is 0.643. The van der Waals surface area contributed by atoms with Crippen molar-refractivity contribution < 1.29 is 0 Å². The van der Waals surface area contributed by atoms with Crippen molar-refractivity contribution in [2.45, 2.75) is 30.1 Å². The Balaban J connectivity index is 1.81. The van der Waals surface area contributed by atoms with Gasteiger partial charge in [-0.15, -0.1) is 22.0 Å². The standard InChI is InChI=1S/C13H18N4S2/c1-2-17-12(10-14)15-16-13(17)19-9-8-18-11-6-4-3-5-7-11/h3-7H,2,8-10,14H2,1H3. The molecule has 0 saturated heterocycles. The van der Waals surface area contributed by atoms with Crippen molar-refractivity contribution in [2.75, 3.05) is 11.5 Å². The van der Waals surface area contributed by atoms with Crippen molar-refractivity contribution in [3.8, 4) is 0 Å². The van der Waals surface area contributed by atoms with Gasteiger partial charge in [-0.05, 0) is 19.1 Å². The number of thioether (sulfide) groups is 2. The van der Waals surface area contributed by atoms with E-state index in [2.05, 4.69) is 46.0 Å². The van der Waals surface area contributed by atoms with Gasteiger partial charge < -0.3 is 10.3 Å². The lowest BCUT2D eigenvalue weighted by atomic mass is 10.4. The number of aromatic nitrogens is 3. The van der Waals surface area contributed by atoms with Crippen molar-refractivity contribution >= 4 is 23.5 Å². The highest BCUT2D eigenvalue weighted by Crippen LogP contribution is 2.22. The molecule has 19 heavy (non-hydrogen) atoms. The molecule has 102 valence electrons. The maximum absolute atomic E-state index is 5.63. The molecule has 0 fully saturated rings. The van der Waals surface area contributed by atoms with E-state index in [0.29, 0.717) is 6.54 Å². The van der Waals surface area contributed by atoms with Crippen LogP contribution >= 0.6 is 23.5 Å². The average Bonchev–Trinajstić information content (AvgIpc) is 2.86. The topological polar surface area (TPSA) is 56.7 Å². The van der Waals surface area contributed by atoms with Crippen LogP contribution in [0.5, 0.6) is 0 Å². The minimum Gasteiger partial charge on any atom is -0.324 e. The third-order valence-electron chi connectivity index (χ3n) is 2.62. The zero-order valence-corrected chi connectivity index (χ0v) is 12.6. The summed E-state index contributed by atoms with van der Waals surface area (Å²) in [5.41, 5.74) is 5.63. The van der Waals surface area contributed by atoms with Crippen LogP contribution in [0, 0.1) is 0 Å². The zero-order chi connectivity index (χ0) is 13.5. The fourth-order valence-electron chi connectivity index (χ4n) is 1.70. The Labute approximate surface area is 122 Å². The molecule has 0 aliphatic heterocycles. The minimum atomic E-state index is 0.445. The molecular weight excluding hydrogens is 276 g/mol. The average molecular weight is 294 g/mol. The van der Waals surface area contributed by atoms with Gasteiger partial charge in [0.2, 0.25) is 0 Å². The van der Waals surface area contributed by atoms with E-state index in [1.165, 1.54) is 4.90 Å². The summed E-state index contributed by atoms with van der Waals surface area (Å²) in [6.45, 7) is 3.40. The number of benzene rings is 1. The first-order chi connectivity index (χ1) is 9.35. The van der Waals surface area contributed by atoms with Crippen LogP contribution < -0.4 is 5.73 Å². The third kappa shape index (κ3) is 3.99. The monoisotopic (exact) mass is 294 g/mol. The van der Waals surface area contributed by atoms with Gasteiger partial charge in [-0.25, -0.2) is 0 Å². The third-order valence-corrected chi connectivity index (χ3v) is 4.86. The number of nitrogens with zero attached hydrogens (tertiary/aromatic N) is 3. The second-order valence-electron chi connectivity index (χ2n) is 3.86. The number of rotatable bonds is 7. The fraction of sp³-hybridized carbons (Fsp3) is 0.385. The van der Waals surface area contributed by atoms with Gasteiger partial charge in [0, 0.05) is 22.9 Å². The molecule has 1 aromatic heterocycles. The van der Waals surface area contributed by atoms with Gasteiger partial charge in [0.15, 0.2) is 5.16 Å². The molecule has 0 amide bonds. The van der Waals surface area contributed by atoms with Gasteiger partial charge in [-0.2, -0.15) is 0 Å². The van der Waals surface area contributed by atoms with Crippen molar-refractivity contribution in [3.05, 3.63) is 36.2 Å². The van der Waals surface area contributed by atoms with Crippen LogP contribution in [-0.2, 0) is 13.1 Å². The van der Waals surface area contributed by atoms with Gasteiger partial charge in [0.05, 0.1) is 6.54 Å². The second-order valence-corrected chi connectivity index (χ2v) is 6.09. The molecule has 2 aromatic rings. The van der Waals surface area contributed by atoms with Crippen LogP contribution in [0.15, 0.2) is 40.4 Å². The summed E-state index contributed by atoms with van der Waals surface area (Å²) in [7, 11) is 0. The van der Waals surface area contributed by atoms with Crippen LogP contribution in [0.2, 0.25) is 0 Å². The highest BCUT2D eigenvalue weighted by Gasteiger charge is 2.09. The summed E-state index contributed by atoms with van der Waals surface area (Å²) in [4.78, 5) is 1.31. The highest BCUT2D eigenvalue weighted by molar-refractivity contribution is 8.02. The van der Waals surface area contributed by atoms with Gasteiger partial charge in [-0.3, -0.25) is 0 Å². The van der Waals surface area contributed by atoms with E-state index in [0.717, 1.165) is 29.0 Å². The molecule has 0 aliphatic rings. The number of hydrogen-bond donors (Lipinski definition) is 1. The fourth-order valence-corrected chi connectivity index (χ4v) is 3.63. The lowest BCUT2D eigenvalue weighted by Gasteiger charge is -2.05. The van der Waals surface area contributed by atoms with Crippen LogP contribution in [0.25, 0.3) is 0 Å². The van der Waals surface area contributed by atoms with Crippen molar-refractivity contribution in [1.29, 1.82) is 0 Å². The van der Waals surface area contributed by atoms with Gasteiger partial charge in [-0.1, -0.05) is 30.0 Å². The number of hydrogen-bond acceptors (Lipinski definition) is 5. The van der Waals surface area contributed by atoms with Gasteiger partial charge in [0.1, 0.15) is 5.82 Å². The van der Waals surface area contributed by atoms with E-state index in [1.807, 2.05) is 17.8 Å². The molecule has 0 unspecified atom stereocenters. The molecule has 4 nitrogen and oxygen atoms in total. The normalized spacial score (nSPS) is 10.8. The number of nitrogens with two attached hydrogens (primary N) is 1. The summed E-state index contributed by atoms with van der Waals surface area (Å²) < 4.78 is 2.08. The Morgan fingerprint density at radius 2 is 1.84 bits per heavy atom. The maximum Gasteiger partial charge on any atom is 0.191 e. The van der Waals surface area contributed by atoms with Crippen LogP contribution in [0.1, 0.15) is 12.7 Å². The Hall–Kier alpha value is -0.980. The first kappa shape index (κ1) is 14.4. The Morgan fingerprint density at radius 1 is 1.11 bits per heavy atom. The summed E-state index contributed by atoms with van der Waals surface area (Å²) in [6, 6.07) is 10.4. The molecule has 0 aliphatic carbocycles. The Kier molecular flexibility index (Phi) is 5.75. The molecule has 2 N–H and O–H groups in total. The molecule has 0 atom stereocenters. The van der Waals surface area contributed by atoms with E-state index < -0.39 is 0 Å².